The van der Waals surface area contributed by atoms with Crippen molar-refractivity contribution in [2.24, 2.45) is 0 Å². The second kappa shape index (κ2) is 7.01. The summed E-state index contributed by atoms with van der Waals surface area (Å²) in [7, 11) is 0. The number of nitrogens with zero attached hydrogens (tertiary/aromatic N) is 2. The molecule has 0 radical (unpaired) electrons. The van der Waals surface area contributed by atoms with Crippen molar-refractivity contribution in [1.29, 1.82) is 0 Å². The van der Waals surface area contributed by atoms with Crippen molar-refractivity contribution in [2.45, 2.75) is 33.7 Å². The molecule has 0 saturated heterocycles. The summed E-state index contributed by atoms with van der Waals surface area (Å²) in [6, 6.07) is 8.26. The Morgan fingerprint density at radius 1 is 1.25 bits per heavy atom. The van der Waals surface area contributed by atoms with Gasteiger partial charge in [-0.1, -0.05) is 19.1 Å². The van der Waals surface area contributed by atoms with Gasteiger partial charge in [0.05, 0.1) is 0 Å². The molecule has 0 bridgehead atoms. The Morgan fingerprint density at radius 3 is 2.80 bits per heavy atom. The van der Waals surface area contributed by atoms with E-state index in [1.54, 1.807) is 0 Å². The van der Waals surface area contributed by atoms with Gasteiger partial charge in [-0.15, -0.1) is 0 Å². The molecule has 1 aromatic carbocycles. The fraction of sp³-hybridized carbons (Fsp3) is 0.375. The zero-order chi connectivity index (χ0) is 14.4. The number of aryl methyl sites for hydroxylation is 2. The number of ether oxygens (including phenoxy) is 1. The van der Waals surface area contributed by atoms with Gasteiger partial charge >= 0.3 is 6.01 Å². The van der Waals surface area contributed by atoms with Gasteiger partial charge < -0.3 is 10.1 Å². The predicted octanol–water partition coefficient (Wildman–Crippen LogP) is 3.39. The summed E-state index contributed by atoms with van der Waals surface area (Å²) in [6.45, 7) is 7.95. The highest BCUT2D eigenvalue weighted by Crippen LogP contribution is 2.19. The second-order valence-electron chi connectivity index (χ2n) is 4.86. The molecule has 2 aromatic rings. The molecule has 1 N–H and O–H groups in total. The Labute approximate surface area is 120 Å². The molecule has 2 rings (SSSR count). The molecule has 0 amide bonds. The minimum atomic E-state index is 0.396. The Balaban J connectivity index is 2.05. The maximum atomic E-state index is 5.68. The molecule has 4 nitrogen and oxygen atoms in total. The molecule has 0 unspecified atom stereocenters. The lowest BCUT2D eigenvalue weighted by molar-refractivity contribution is 0.438. The topological polar surface area (TPSA) is 47.0 Å². The SMILES string of the molecule is CCCNCc1cnc(Oc2cccc(C)c2)nc1C. The predicted molar refractivity (Wildman–Crippen MR) is 80.0 cm³/mol. The smallest absolute Gasteiger partial charge is 0.322 e. The average molecular weight is 271 g/mol. The number of hydrogen-bond donors (Lipinski definition) is 1. The van der Waals surface area contributed by atoms with Crippen molar-refractivity contribution >= 4 is 0 Å². The van der Waals surface area contributed by atoms with Gasteiger partial charge in [0.2, 0.25) is 0 Å². The minimum Gasteiger partial charge on any atom is -0.424 e. The van der Waals surface area contributed by atoms with Crippen molar-refractivity contribution in [3.63, 3.8) is 0 Å². The molecule has 0 aliphatic rings. The third kappa shape index (κ3) is 4.03. The lowest BCUT2D eigenvalue weighted by Gasteiger charge is -2.09. The normalized spacial score (nSPS) is 10.6. The van der Waals surface area contributed by atoms with Gasteiger partial charge in [0.1, 0.15) is 5.75 Å². The molecule has 0 fully saturated rings. The van der Waals surface area contributed by atoms with Crippen LogP contribution in [-0.4, -0.2) is 16.5 Å². The Hall–Kier alpha value is -1.94. The molecule has 1 heterocycles. The highest BCUT2D eigenvalue weighted by molar-refractivity contribution is 5.30. The van der Waals surface area contributed by atoms with E-state index in [4.69, 9.17) is 4.74 Å². The van der Waals surface area contributed by atoms with Gasteiger partial charge in [-0.25, -0.2) is 4.98 Å². The first-order chi connectivity index (χ1) is 9.69. The van der Waals surface area contributed by atoms with Crippen LogP contribution in [0.5, 0.6) is 11.8 Å². The Morgan fingerprint density at radius 2 is 2.10 bits per heavy atom. The zero-order valence-electron chi connectivity index (χ0n) is 12.3. The summed E-state index contributed by atoms with van der Waals surface area (Å²) >= 11 is 0. The number of benzene rings is 1. The molecular weight excluding hydrogens is 250 g/mol. The summed E-state index contributed by atoms with van der Waals surface area (Å²) < 4.78 is 5.68. The Bertz CT molecular complexity index is 569. The summed E-state index contributed by atoms with van der Waals surface area (Å²) in [5.41, 5.74) is 3.21. The van der Waals surface area contributed by atoms with E-state index >= 15 is 0 Å². The standard InChI is InChI=1S/C16H21N3O/c1-4-8-17-10-14-11-18-16(19-13(14)3)20-15-7-5-6-12(2)9-15/h5-7,9,11,17H,4,8,10H2,1-3H3. The van der Waals surface area contributed by atoms with Crippen LogP contribution in [0.1, 0.15) is 30.2 Å². The lowest BCUT2D eigenvalue weighted by Crippen LogP contribution is -2.15. The fourth-order valence-corrected chi connectivity index (χ4v) is 1.88. The maximum Gasteiger partial charge on any atom is 0.322 e. The first kappa shape index (κ1) is 14.5. The Kier molecular flexibility index (Phi) is 5.07. The third-order valence-corrected chi connectivity index (χ3v) is 3.00. The van der Waals surface area contributed by atoms with Crippen LogP contribution >= 0.6 is 0 Å². The fourth-order valence-electron chi connectivity index (χ4n) is 1.88. The van der Waals surface area contributed by atoms with E-state index in [9.17, 15) is 0 Å². The van der Waals surface area contributed by atoms with Crippen molar-refractivity contribution < 1.29 is 4.74 Å². The van der Waals surface area contributed by atoms with Crippen molar-refractivity contribution in [3.05, 3.63) is 47.3 Å². The van der Waals surface area contributed by atoms with Gasteiger partial charge in [0.25, 0.3) is 0 Å². The number of rotatable bonds is 6. The van der Waals surface area contributed by atoms with Crippen LogP contribution in [-0.2, 0) is 6.54 Å². The molecule has 20 heavy (non-hydrogen) atoms. The molecule has 106 valence electrons. The molecule has 1 aromatic heterocycles. The minimum absolute atomic E-state index is 0.396. The van der Waals surface area contributed by atoms with Crippen molar-refractivity contribution in [3.8, 4) is 11.8 Å². The third-order valence-electron chi connectivity index (χ3n) is 3.00. The van der Waals surface area contributed by atoms with E-state index in [-0.39, 0.29) is 0 Å². The number of aromatic nitrogens is 2. The summed E-state index contributed by atoms with van der Waals surface area (Å²) in [6.07, 6.45) is 2.95. The van der Waals surface area contributed by atoms with Gasteiger partial charge in [0.15, 0.2) is 0 Å². The quantitative estimate of drug-likeness (QED) is 0.818. The lowest BCUT2D eigenvalue weighted by atomic mass is 10.2. The van der Waals surface area contributed by atoms with Gasteiger partial charge in [-0.05, 0) is 44.5 Å². The van der Waals surface area contributed by atoms with Gasteiger partial charge in [0, 0.05) is 24.0 Å². The van der Waals surface area contributed by atoms with E-state index in [0.29, 0.717) is 6.01 Å². The first-order valence-electron chi connectivity index (χ1n) is 6.97. The van der Waals surface area contributed by atoms with Crippen LogP contribution in [0.2, 0.25) is 0 Å². The van der Waals surface area contributed by atoms with E-state index in [1.807, 2.05) is 44.3 Å². The molecule has 0 saturated carbocycles. The van der Waals surface area contributed by atoms with E-state index in [2.05, 4.69) is 22.2 Å². The van der Waals surface area contributed by atoms with Crippen LogP contribution in [0.3, 0.4) is 0 Å². The van der Waals surface area contributed by atoms with Crippen LogP contribution < -0.4 is 10.1 Å². The number of hydrogen-bond acceptors (Lipinski definition) is 4. The van der Waals surface area contributed by atoms with E-state index in [1.165, 1.54) is 0 Å². The molecule has 0 aliphatic carbocycles. The molecule has 0 spiro atoms. The largest absolute Gasteiger partial charge is 0.424 e. The molecule has 0 atom stereocenters. The van der Waals surface area contributed by atoms with Crippen LogP contribution in [0.25, 0.3) is 0 Å². The highest BCUT2D eigenvalue weighted by atomic mass is 16.5. The monoisotopic (exact) mass is 271 g/mol. The maximum absolute atomic E-state index is 5.68. The van der Waals surface area contributed by atoms with Crippen molar-refractivity contribution in [2.75, 3.05) is 6.54 Å². The summed E-state index contributed by atoms with van der Waals surface area (Å²) in [4.78, 5) is 8.67. The highest BCUT2D eigenvalue weighted by Gasteiger charge is 2.05. The van der Waals surface area contributed by atoms with Gasteiger partial charge in [-0.2, -0.15) is 4.98 Å². The number of nitrogens with one attached hydrogen (secondary N) is 1. The molecular formula is C16H21N3O. The van der Waals surface area contributed by atoms with Crippen LogP contribution in [0.4, 0.5) is 0 Å². The first-order valence-corrected chi connectivity index (χ1v) is 6.97. The molecule has 4 heteroatoms. The second-order valence-corrected chi connectivity index (χ2v) is 4.86. The van der Waals surface area contributed by atoms with Gasteiger partial charge in [-0.3, -0.25) is 0 Å². The van der Waals surface area contributed by atoms with Crippen LogP contribution in [0, 0.1) is 13.8 Å². The van der Waals surface area contributed by atoms with Crippen molar-refractivity contribution in [1.82, 2.24) is 15.3 Å². The summed E-state index contributed by atoms with van der Waals surface area (Å²) in [5.74, 6) is 0.765. The molecule has 0 aliphatic heterocycles. The van der Waals surface area contributed by atoms with E-state index in [0.717, 1.165) is 42.1 Å². The zero-order valence-corrected chi connectivity index (χ0v) is 12.3. The average Bonchev–Trinajstić information content (AvgIpc) is 2.41. The van der Waals surface area contributed by atoms with Crippen LogP contribution in [0.15, 0.2) is 30.5 Å². The summed E-state index contributed by atoms with van der Waals surface area (Å²) in [5, 5.41) is 3.35. The van der Waals surface area contributed by atoms with E-state index < -0.39 is 0 Å².